The number of hydrogen-bond acceptors (Lipinski definition) is 6. The highest BCUT2D eigenvalue weighted by Crippen LogP contribution is 2.08. The number of carbonyl (C=O) groups excluding carboxylic acids is 1. The molecule has 128 valence electrons. The Morgan fingerprint density at radius 1 is 1.32 bits per heavy atom. The lowest BCUT2D eigenvalue weighted by Crippen LogP contribution is -2.48. The van der Waals surface area contributed by atoms with Gasteiger partial charge in [0.05, 0.1) is 6.54 Å². The number of carbonyl (C=O) groups is 1. The molecule has 1 atom stereocenters. The summed E-state index contributed by atoms with van der Waals surface area (Å²) in [5.74, 6) is 1.50. The van der Waals surface area contributed by atoms with Crippen molar-refractivity contribution in [2.75, 3.05) is 26.2 Å². The summed E-state index contributed by atoms with van der Waals surface area (Å²) in [5.41, 5.74) is 5.68. The lowest BCUT2D eigenvalue weighted by Gasteiger charge is -2.34. The van der Waals surface area contributed by atoms with Crippen LogP contribution in [0.1, 0.15) is 31.5 Å². The van der Waals surface area contributed by atoms with E-state index in [1.54, 1.807) is 6.92 Å². The van der Waals surface area contributed by atoms with Gasteiger partial charge in [-0.3, -0.25) is 9.69 Å². The Morgan fingerprint density at radius 3 is 2.45 bits per heavy atom. The maximum atomic E-state index is 12.0. The highest BCUT2D eigenvalue weighted by molar-refractivity contribution is 5.85. The van der Waals surface area contributed by atoms with E-state index in [9.17, 15) is 4.79 Å². The Hall–Kier alpha value is -0.890. The number of amides is 1. The molecule has 1 fully saturated rings. The van der Waals surface area contributed by atoms with Gasteiger partial charge in [0.25, 0.3) is 0 Å². The molecule has 1 amide bonds. The van der Waals surface area contributed by atoms with E-state index >= 15 is 0 Å². The van der Waals surface area contributed by atoms with Gasteiger partial charge in [-0.05, 0) is 13.3 Å². The predicted octanol–water partition coefficient (Wildman–Crippen LogP) is 0.993. The van der Waals surface area contributed by atoms with E-state index in [2.05, 4.69) is 15.0 Å². The van der Waals surface area contributed by atoms with Crippen LogP contribution in [0, 0.1) is 6.92 Å². The highest BCUT2D eigenvalue weighted by Gasteiger charge is 2.22. The van der Waals surface area contributed by atoms with Crippen molar-refractivity contribution >= 4 is 30.7 Å². The van der Waals surface area contributed by atoms with Crippen LogP contribution in [0.5, 0.6) is 0 Å². The molecule has 2 heterocycles. The van der Waals surface area contributed by atoms with Crippen molar-refractivity contribution < 1.29 is 9.32 Å². The van der Waals surface area contributed by atoms with Crippen LogP contribution < -0.4 is 5.73 Å². The summed E-state index contributed by atoms with van der Waals surface area (Å²) < 4.78 is 4.96. The third-order valence-corrected chi connectivity index (χ3v) is 3.47. The minimum absolute atomic E-state index is 0. The fraction of sp³-hybridized carbons (Fsp3) is 0.769. The van der Waals surface area contributed by atoms with Gasteiger partial charge in [0.1, 0.15) is 0 Å². The van der Waals surface area contributed by atoms with E-state index in [1.165, 1.54) is 0 Å². The second-order valence-electron chi connectivity index (χ2n) is 5.40. The van der Waals surface area contributed by atoms with Gasteiger partial charge >= 0.3 is 0 Å². The molecule has 1 aliphatic rings. The Balaban J connectivity index is 0.00000220. The molecule has 2 N–H and O–H groups in total. The van der Waals surface area contributed by atoms with E-state index < -0.39 is 0 Å². The highest BCUT2D eigenvalue weighted by atomic mass is 35.5. The molecule has 0 bridgehead atoms. The lowest BCUT2D eigenvalue weighted by molar-refractivity contribution is -0.133. The van der Waals surface area contributed by atoms with Crippen molar-refractivity contribution in [2.24, 2.45) is 5.73 Å². The summed E-state index contributed by atoms with van der Waals surface area (Å²) in [6.45, 7) is 7.60. The van der Waals surface area contributed by atoms with Gasteiger partial charge in [-0.1, -0.05) is 5.16 Å². The zero-order chi connectivity index (χ0) is 14.5. The Bertz CT molecular complexity index is 447. The van der Waals surface area contributed by atoms with Crippen LogP contribution in [0.25, 0.3) is 0 Å². The van der Waals surface area contributed by atoms with Crippen LogP contribution in [-0.4, -0.2) is 58.1 Å². The zero-order valence-electron chi connectivity index (χ0n) is 13.0. The van der Waals surface area contributed by atoms with Crippen LogP contribution in [0.4, 0.5) is 0 Å². The first kappa shape index (κ1) is 21.1. The first-order valence-corrected chi connectivity index (χ1v) is 7.09. The van der Waals surface area contributed by atoms with E-state index in [4.69, 9.17) is 10.3 Å². The molecule has 9 heteroatoms. The second kappa shape index (κ2) is 9.99. The van der Waals surface area contributed by atoms with Crippen molar-refractivity contribution in [3.05, 3.63) is 11.7 Å². The van der Waals surface area contributed by atoms with Gasteiger partial charge < -0.3 is 15.2 Å². The summed E-state index contributed by atoms with van der Waals surface area (Å²) in [7, 11) is 0. The third kappa shape index (κ3) is 6.48. The number of hydrogen-bond donors (Lipinski definition) is 1. The monoisotopic (exact) mass is 353 g/mol. The molecular weight excluding hydrogens is 329 g/mol. The minimum atomic E-state index is 0. The smallest absolute Gasteiger partial charge is 0.223 e. The topological polar surface area (TPSA) is 88.5 Å². The number of halogens is 2. The Morgan fingerprint density at radius 2 is 1.95 bits per heavy atom. The van der Waals surface area contributed by atoms with Gasteiger partial charge in [-0.2, -0.15) is 4.98 Å². The molecule has 7 nitrogen and oxygen atoms in total. The number of rotatable bonds is 5. The number of aryl methyl sites for hydroxylation is 1. The molecule has 22 heavy (non-hydrogen) atoms. The van der Waals surface area contributed by atoms with Crippen LogP contribution >= 0.6 is 24.8 Å². The fourth-order valence-corrected chi connectivity index (χ4v) is 2.27. The van der Waals surface area contributed by atoms with E-state index in [0.717, 1.165) is 32.6 Å². The molecule has 0 aliphatic carbocycles. The van der Waals surface area contributed by atoms with Crippen molar-refractivity contribution in [3.63, 3.8) is 0 Å². The molecule has 1 aromatic rings. The summed E-state index contributed by atoms with van der Waals surface area (Å²) in [6, 6.07) is 0.0849. The average molecular weight is 354 g/mol. The SMILES string of the molecule is Cc1nc(CN2CCN(C(=O)CCC(C)N)CC2)no1.Cl.Cl. The quantitative estimate of drug-likeness (QED) is 0.849. The summed E-state index contributed by atoms with van der Waals surface area (Å²) in [4.78, 5) is 20.3. The van der Waals surface area contributed by atoms with Gasteiger partial charge in [0, 0.05) is 45.6 Å². The molecule has 1 aromatic heterocycles. The van der Waals surface area contributed by atoms with E-state index in [1.807, 2.05) is 11.8 Å². The fourth-order valence-electron chi connectivity index (χ4n) is 2.27. The molecule has 0 radical (unpaired) electrons. The van der Waals surface area contributed by atoms with Gasteiger partial charge in [-0.25, -0.2) is 0 Å². The Kier molecular flexibility index (Phi) is 9.59. The number of nitrogens with two attached hydrogens (primary N) is 1. The normalized spacial score (nSPS) is 16.6. The molecule has 0 saturated carbocycles. The molecule has 1 saturated heterocycles. The average Bonchev–Trinajstić information content (AvgIpc) is 2.82. The van der Waals surface area contributed by atoms with Gasteiger partial charge in [0.2, 0.25) is 11.8 Å². The van der Waals surface area contributed by atoms with Crippen molar-refractivity contribution in [2.45, 2.75) is 39.3 Å². The number of nitrogens with zero attached hydrogens (tertiary/aromatic N) is 4. The molecule has 0 aromatic carbocycles. The molecule has 1 unspecified atom stereocenters. The van der Waals surface area contributed by atoms with E-state index in [-0.39, 0.29) is 36.8 Å². The Labute approximate surface area is 143 Å². The number of aromatic nitrogens is 2. The summed E-state index contributed by atoms with van der Waals surface area (Å²) >= 11 is 0. The minimum Gasteiger partial charge on any atom is -0.340 e. The van der Waals surface area contributed by atoms with Crippen LogP contribution in [0.3, 0.4) is 0 Å². The van der Waals surface area contributed by atoms with E-state index in [0.29, 0.717) is 24.7 Å². The third-order valence-electron chi connectivity index (χ3n) is 3.47. The summed E-state index contributed by atoms with van der Waals surface area (Å²) in [6.07, 6.45) is 1.29. The van der Waals surface area contributed by atoms with Crippen molar-refractivity contribution in [1.82, 2.24) is 19.9 Å². The first-order chi connectivity index (χ1) is 9.54. The predicted molar refractivity (Wildman–Crippen MR) is 88.3 cm³/mol. The first-order valence-electron chi connectivity index (χ1n) is 7.09. The maximum Gasteiger partial charge on any atom is 0.223 e. The van der Waals surface area contributed by atoms with Crippen molar-refractivity contribution in [1.29, 1.82) is 0 Å². The van der Waals surface area contributed by atoms with Crippen LogP contribution in [-0.2, 0) is 11.3 Å². The van der Waals surface area contributed by atoms with Gasteiger partial charge in [0.15, 0.2) is 5.82 Å². The van der Waals surface area contributed by atoms with Gasteiger partial charge in [-0.15, -0.1) is 24.8 Å². The molecule has 0 spiro atoms. The zero-order valence-corrected chi connectivity index (χ0v) is 14.7. The number of piperazine rings is 1. The maximum absolute atomic E-state index is 12.0. The molecule has 2 rings (SSSR count). The van der Waals surface area contributed by atoms with Crippen LogP contribution in [0.15, 0.2) is 4.52 Å². The molecular formula is C13H25Cl2N5O2. The lowest BCUT2D eigenvalue weighted by atomic mass is 10.1. The second-order valence-corrected chi connectivity index (χ2v) is 5.40. The standard InChI is InChI=1S/C13H23N5O2.2ClH/c1-10(14)3-4-13(19)18-7-5-17(6-8-18)9-12-15-11(2)20-16-12;;/h10H,3-9,14H2,1-2H3;2*1H. The largest absolute Gasteiger partial charge is 0.340 e. The van der Waals surface area contributed by atoms with Crippen molar-refractivity contribution in [3.8, 4) is 0 Å². The molecule has 1 aliphatic heterocycles. The summed E-state index contributed by atoms with van der Waals surface area (Å²) in [5, 5.41) is 3.89. The van der Waals surface area contributed by atoms with Crippen LogP contribution in [0.2, 0.25) is 0 Å².